The standard InChI is InChI=1S/C27H28N8O2/c1-36-22-15-18-21(16-23(22)37-2)32-27(35-13-11-34(12-14-35)25-9-5-6-10-28-25)33-26(18)29-17-24-30-19-7-3-4-8-20(19)31-24/h3-10,15-16H,11-14,17H2,1-2H3,(H,30,31)(H,29,32,33). The zero-order valence-electron chi connectivity index (χ0n) is 20.8. The fourth-order valence-electron chi connectivity index (χ4n) is 4.65. The third-order valence-electron chi connectivity index (χ3n) is 6.59. The molecule has 1 saturated heterocycles. The molecule has 5 aromatic rings. The number of nitrogens with one attached hydrogen (secondary N) is 2. The fourth-order valence-corrected chi connectivity index (χ4v) is 4.65. The van der Waals surface area contributed by atoms with Crippen molar-refractivity contribution in [2.45, 2.75) is 6.54 Å². The summed E-state index contributed by atoms with van der Waals surface area (Å²) in [5, 5.41) is 4.33. The van der Waals surface area contributed by atoms with Gasteiger partial charge in [0, 0.05) is 43.8 Å². The summed E-state index contributed by atoms with van der Waals surface area (Å²) in [5.74, 6) is 4.47. The molecule has 1 aliphatic rings. The van der Waals surface area contributed by atoms with E-state index in [1.165, 1.54) is 0 Å². The number of imidazole rings is 1. The van der Waals surface area contributed by atoms with E-state index in [9.17, 15) is 0 Å². The lowest BCUT2D eigenvalue weighted by Crippen LogP contribution is -2.47. The monoisotopic (exact) mass is 496 g/mol. The fraction of sp³-hybridized carbons (Fsp3) is 0.259. The van der Waals surface area contributed by atoms with Gasteiger partial charge >= 0.3 is 0 Å². The summed E-state index contributed by atoms with van der Waals surface area (Å²) in [4.78, 5) is 26.9. The number of nitrogens with zero attached hydrogens (tertiary/aromatic N) is 6. The number of aromatic amines is 1. The number of pyridine rings is 1. The van der Waals surface area contributed by atoms with Crippen LogP contribution in [0.5, 0.6) is 11.5 Å². The van der Waals surface area contributed by atoms with Crippen molar-refractivity contribution < 1.29 is 9.47 Å². The number of benzene rings is 2. The first kappa shape index (κ1) is 22.8. The molecule has 2 N–H and O–H groups in total. The highest BCUT2D eigenvalue weighted by Crippen LogP contribution is 2.35. The van der Waals surface area contributed by atoms with Crippen LogP contribution in [0.25, 0.3) is 21.9 Å². The molecule has 2 aromatic carbocycles. The van der Waals surface area contributed by atoms with Crippen molar-refractivity contribution in [1.29, 1.82) is 0 Å². The van der Waals surface area contributed by atoms with Gasteiger partial charge in [-0.15, -0.1) is 0 Å². The third kappa shape index (κ3) is 4.53. The maximum atomic E-state index is 5.55. The van der Waals surface area contributed by atoms with Crippen molar-refractivity contribution in [3.8, 4) is 11.5 Å². The molecule has 0 unspecified atom stereocenters. The average molecular weight is 497 g/mol. The van der Waals surface area contributed by atoms with E-state index in [4.69, 9.17) is 24.4 Å². The van der Waals surface area contributed by atoms with Gasteiger partial charge in [-0.1, -0.05) is 18.2 Å². The van der Waals surface area contributed by atoms with Crippen molar-refractivity contribution in [2.75, 3.05) is 55.5 Å². The highest BCUT2D eigenvalue weighted by atomic mass is 16.5. The second kappa shape index (κ2) is 9.81. The van der Waals surface area contributed by atoms with Gasteiger partial charge in [-0.2, -0.15) is 4.98 Å². The molecule has 0 aliphatic carbocycles. The van der Waals surface area contributed by atoms with Gasteiger partial charge in [0.2, 0.25) is 5.95 Å². The predicted molar refractivity (Wildman–Crippen MR) is 145 cm³/mol. The molecule has 37 heavy (non-hydrogen) atoms. The Morgan fingerprint density at radius 1 is 0.838 bits per heavy atom. The van der Waals surface area contributed by atoms with Crippen LogP contribution in [-0.2, 0) is 6.54 Å². The lowest BCUT2D eigenvalue weighted by atomic mass is 10.2. The van der Waals surface area contributed by atoms with Crippen LogP contribution in [0.4, 0.5) is 17.6 Å². The Bertz CT molecular complexity index is 1500. The molecule has 3 aromatic heterocycles. The number of hydrogen-bond donors (Lipinski definition) is 2. The Labute approximate surface area is 214 Å². The molecule has 1 aliphatic heterocycles. The highest BCUT2D eigenvalue weighted by Gasteiger charge is 2.22. The number of ether oxygens (including phenoxy) is 2. The van der Waals surface area contributed by atoms with Gasteiger partial charge in [-0.05, 0) is 30.3 Å². The first-order chi connectivity index (χ1) is 18.2. The lowest BCUT2D eigenvalue weighted by Gasteiger charge is -2.35. The molecular weight excluding hydrogens is 468 g/mol. The van der Waals surface area contributed by atoms with E-state index < -0.39 is 0 Å². The Hall–Kier alpha value is -4.60. The van der Waals surface area contributed by atoms with Crippen LogP contribution in [0, 0.1) is 0 Å². The zero-order valence-corrected chi connectivity index (χ0v) is 20.8. The Morgan fingerprint density at radius 3 is 2.35 bits per heavy atom. The normalized spacial score (nSPS) is 13.8. The summed E-state index contributed by atoms with van der Waals surface area (Å²) in [5.41, 5.74) is 2.72. The van der Waals surface area contributed by atoms with Crippen LogP contribution in [0.3, 0.4) is 0 Å². The Morgan fingerprint density at radius 2 is 1.59 bits per heavy atom. The van der Waals surface area contributed by atoms with Gasteiger partial charge in [0.25, 0.3) is 0 Å². The number of anilines is 3. The molecule has 0 bridgehead atoms. The zero-order chi connectivity index (χ0) is 25.2. The summed E-state index contributed by atoms with van der Waals surface area (Å²) >= 11 is 0. The third-order valence-corrected chi connectivity index (χ3v) is 6.59. The first-order valence-corrected chi connectivity index (χ1v) is 12.2. The van der Waals surface area contributed by atoms with Gasteiger partial charge in [0.15, 0.2) is 11.5 Å². The molecule has 0 atom stereocenters. The molecule has 4 heterocycles. The van der Waals surface area contributed by atoms with E-state index in [-0.39, 0.29) is 0 Å². The SMILES string of the molecule is COc1cc2nc(N3CCN(c4ccccn4)CC3)nc(NCc3nc4ccccc4[nH]3)c2cc1OC. The van der Waals surface area contributed by atoms with Gasteiger partial charge in [0.05, 0.1) is 37.3 Å². The molecule has 10 heteroatoms. The van der Waals surface area contributed by atoms with Gasteiger partial charge in [-0.3, -0.25) is 0 Å². The minimum absolute atomic E-state index is 0.488. The van der Waals surface area contributed by atoms with Crippen molar-refractivity contribution in [3.63, 3.8) is 0 Å². The van der Waals surface area contributed by atoms with Crippen LogP contribution in [0.2, 0.25) is 0 Å². The second-order valence-corrected chi connectivity index (χ2v) is 8.81. The smallest absolute Gasteiger partial charge is 0.228 e. The molecule has 0 radical (unpaired) electrons. The number of piperazine rings is 1. The minimum Gasteiger partial charge on any atom is -0.493 e. The predicted octanol–water partition coefficient (Wildman–Crippen LogP) is 3.86. The largest absolute Gasteiger partial charge is 0.493 e. The van der Waals surface area contributed by atoms with E-state index in [1.54, 1.807) is 14.2 Å². The quantitative estimate of drug-likeness (QED) is 0.348. The number of para-hydroxylation sites is 2. The molecule has 0 amide bonds. The molecule has 0 saturated carbocycles. The van der Waals surface area contributed by atoms with E-state index in [2.05, 4.69) is 25.1 Å². The van der Waals surface area contributed by atoms with Crippen LogP contribution in [0.1, 0.15) is 5.82 Å². The Kier molecular flexibility index (Phi) is 6.05. The Balaban J connectivity index is 1.31. The molecule has 6 rings (SSSR count). The van der Waals surface area contributed by atoms with E-state index in [0.29, 0.717) is 29.8 Å². The number of methoxy groups -OCH3 is 2. The molecule has 188 valence electrons. The number of rotatable bonds is 7. The van der Waals surface area contributed by atoms with E-state index in [0.717, 1.165) is 59.8 Å². The van der Waals surface area contributed by atoms with Crippen LogP contribution < -0.4 is 24.6 Å². The second-order valence-electron chi connectivity index (χ2n) is 8.81. The van der Waals surface area contributed by atoms with Gasteiger partial charge < -0.3 is 29.6 Å². The van der Waals surface area contributed by atoms with Crippen LogP contribution >= 0.6 is 0 Å². The topological polar surface area (TPSA) is 104 Å². The molecular formula is C27H28N8O2. The van der Waals surface area contributed by atoms with Crippen LogP contribution in [-0.4, -0.2) is 65.3 Å². The summed E-state index contributed by atoms with van der Waals surface area (Å²) in [6.45, 7) is 3.75. The summed E-state index contributed by atoms with van der Waals surface area (Å²) in [7, 11) is 3.25. The molecule has 10 nitrogen and oxygen atoms in total. The van der Waals surface area contributed by atoms with Crippen LogP contribution in [0.15, 0.2) is 60.8 Å². The minimum atomic E-state index is 0.488. The van der Waals surface area contributed by atoms with Crippen molar-refractivity contribution >= 4 is 39.5 Å². The number of fused-ring (bicyclic) bond motifs is 2. The van der Waals surface area contributed by atoms with E-state index >= 15 is 0 Å². The molecule has 0 spiro atoms. The van der Waals surface area contributed by atoms with Crippen molar-refractivity contribution in [2.24, 2.45) is 0 Å². The van der Waals surface area contributed by atoms with Crippen molar-refractivity contribution in [3.05, 3.63) is 66.6 Å². The lowest BCUT2D eigenvalue weighted by molar-refractivity contribution is 0.356. The number of aromatic nitrogens is 5. The summed E-state index contributed by atoms with van der Waals surface area (Å²) < 4.78 is 11.1. The van der Waals surface area contributed by atoms with Crippen molar-refractivity contribution in [1.82, 2.24) is 24.9 Å². The van der Waals surface area contributed by atoms with Gasteiger partial charge in [0.1, 0.15) is 17.5 Å². The highest BCUT2D eigenvalue weighted by molar-refractivity contribution is 5.92. The van der Waals surface area contributed by atoms with E-state index in [1.807, 2.05) is 60.8 Å². The average Bonchev–Trinajstić information content (AvgIpc) is 3.38. The molecule has 1 fully saturated rings. The summed E-state index contributed by atoms with van der Waals surface area (Å²) in [6.07, 6.45) is 1.83. The maximum absolute atomic E-state index is 5.55. The number of H-pyrrole nitrogens is 1. The maximum Gasteiger partial charge on any atom is 0.228 e. The van der Waals surface area contributed by atoms with Gasteiger partial charge in [-0.25, -0.2) is 15.0 Å². The first-order valence-electron chi connectivity index (χ1n) is 12.2. The number of hydrogen-bond acceptors (Lipinski definition) is 9. The summed E-state index contributed by atoms with van der Waals surface area (Å²) in [6, 6.07) is 17.8.